The number of aliphatic carboxylic acids is 1. The van der Waals surface area contributed by atoms with Gasteiger partial charge in [-0.05, 0) is 0 Å². The lowest BCUT2D eigenvalue weighted by Crippen LogP contribution is -2.41. The first-order chi connectivity index (χ1) is 7.20. The second kappa shape index (κ2) is 3.93. The van der Waals surface area contributed by atoms with Gasteiger partial charge in [0.15, 0.2) is 5.69 Å². The first-order valence-corrected chi connectivity index (χ1v) is 5.37. The van der Waals surface area contributed by atoms with Gasteiger partial charge in [-0.2, -0.15) is 0 Å². The second-order valence-corrected chi connectivity index (χ2v) is 4.01. The minimum Gasteiger partial charge on any atom is -0.480 e. The maximum Gasteiger partial charge on any atom is 0.327 e. The van der Waals surface area contributed by atoms with Crippen LogP contribution in [0.1, 0.15) is 10.5 Å². The Morgan fingerprint density at radius 3 is 3.07 bits per heavy atom. The molecule has 7 heteroatoms. The Balaban J connectivity index is 2.17. The average molecular weight is 228 g/mol. The molecule has 0 radical (unpaired) electrons. The largest absolute Gasteiger partial charge is 0.480 e. The van der Waals surface area contributed by atoms with Crippen LogP contribution >= 0.6 is 11.8 Å². The summed E-state index contributed by atoms with van der Waals surface area (Å²) in [6.45, 7) is 0. The fraction of sp³-hybridized carbons (Fsp3) is 0.375. The van der Waals surface area contributed by atoms with Crippen LogP contribution in [0.5, 0.6) is 0 Å². The fourth-order valence-corrected chi connectivity index (χ4v) is 2.46. The maximum absolute atomic E-state index is 11.7. The molecule has 1 aromatic rings. The average Bonchev–Trinajstić information content (AvgIpc) is 2.88. The molecule has 0 aromatic carbocycles. The lowest BCUT2D eigenvalue weighted by molar-refractivity contribution is -0.140. The Labute approximate surface area is 89.2 Å². The van der Waals surface area contributed by atoms with Gasteiger partial charge in [-0.3, -0.25) is 4.79 Å². The van der Waals surface area contributed by atoms with Crippen molar-refractivity contribution in [3.63, 3.8) is 0 Å². The number of carboxylic acids is 1. The van der Waals surface area contributed by atoms with Crippen LogP contribution in [-0.4, -0.2) is 44.7 Å². The minimum atomic E-state index is -0.989. The molecule has 2 heterocycles. The predicted molar refractivity (Wildman–Crippen MR) is 51.4 cm³/mol. The highest BCUT2D eigenvalue weighted by Gasteiger charge is 2.35. The van der Waals surface area contributed by atoms with E-state index in [0.717, 1.165) is 0 Å². The molecule has 80 valence electrons. The predicted octanol–water partition coefficient (Wildman–Crippen LogP) is 0.274. The van der Waals surface area contributed by atoms with E-state index in [0.29, 0.717) is 11.6 Å². The first-order valence-electron chi connectivity index (χ1n) is 4.22. The van der Waals surface area contributed by atoms with Crippen molar-refractivity contribution in [3.05, 3.63) is 18.0 Å². The van der Waals surface area contributed by atoms with Crippen molar-refractivity contribution in [2.75, 3.05) is 11.6 Å². The Morgan fingerprint density at radius 1 is 1.67 bits per heavy atom. The molecular weight excluding hydrogens is 220 g/mol. The van der Waals surface area contributed by atoms with Crippen LogP contribution in [0.15, 0.2) is 16.9 Å². The number of rotatable bonds is 2. The van der Waals surface area contributed by atoms with Crippen molar-refractivity contribution in [2.24, 2.45) is 0 Å². The van der Waals surface area contributed by atoms with E-state index < -0.39 is 17.9 Å². The van der Waals surface area contributed by atoms with Gasteiger partial charge >= 0.3 is 5.97 Å². The molecule has 0 unspecified atom stereocenters. The number of aromatic nitrogens is 1. The Morgan fingerprint density at radius 2 is 2.47 bits per heavy atom. The van der Waals surface area contributed by atoms with Crippen molar-refractivity contribution < 1.29 is 19.2 Å². The van der Waals surface area contributed by atoms with E-state index >= 15 is 0 Å². The van der Waals surface area contributed by atoms with E-state index in [2.05, 4.69) is 9.68 Å². The van der Waals surface area contributed by atoms with Crippen molar-refractivity contribution in [1.82, 2.24) is 10.1 Å². The van der Waals surface area contributed by atoms with Gasteiger partial charge in [0, 0.05) is 11.8 Å². The van der Waals surface area contributed by atoms with Crippen LogP contribution in [-0.2, 0) is 4.79 Å². The molecule has 0 saturated carbocycles. The van der Waals surface area contributed by atoms with Gasteiger partial charge in [-0.25, -0.2) is 4.79 Å². The Hall–Kier alpha value is -1.50. The number of nitrogens with zero attached hydrogens (tertiary/aromatic N) is 2. The number of carbonyl (C=O) groups excluding carboxylic acids is 1. The molecule has 15 heavy (non-hydrogen) atoms. The number of carbonyl (C=O) groups is 2. The zero-order valence-electron chi connectivity index (χ0n) is 7.62. The zero-order valence-corrected chi connectivity index (χ0v) is 8.44. The number of thioether (sulfide) groups is 1. The standard InChI is InChI=1S/C8H8N2O4S/c11-7(5-1-2-14-9-5)10-4-15-3-6(10)8(12)13/h1-2,6H,3-4H2,(H,12,13)/t6-/m0/s1. The highest BCUT2D eigenvalue weighted by molar-refractivity contribution is 7.99. The van der Waals surface area contributed by atoms with E-state index in [1.165, 1.54) is 29.0 Å². The van der Waals surface area contributed by atoms with Gasteiger partial charge in [0.2, 0.25) is 0 Å². The zero-order chi connectivity index (χ0) is 10.8. The lowest BCUT2D eigenvalue weighted by Gasteiger charge is -2.18. The molecule has 1 aromatic heterocycles. The van der Waals surface area contributed by atoms with E-state index in [1.807, 2.05) is 0 Å². The summed E-state index contributed by atoms with van der Waals surface area (Å²) in [5.74, 6) is -0.598. The molecular formula is C8H8N2O4S. The summed E-state index contributed by atoms with van der Waals surface area (Å²) < 4.78 is 4.54. The van der Waals surface area contributed by atoms with Gasteiger partial charge < -0.3 is 14.5 Å². The highest BCUT2D eigenvalue weighted by Crippen LogP contribution is 2.22. The minimum absolute atomic E-state index is 0.142. The summed E-state index contributed by atoms with van der Waals surface area (Å²) >= 11 is 1.41. The molecule has 2 rings (SSSR count). The van der Waals surface area contributed by atoms with Crippen LogP contribution in [0.25, 0.3) is 0 Å². The van der Waals surface area contributed by atoms with Crippen molar-refractivity contribution in [2.45, 2.75) is 6.04 Å². The summed E-state index contributed by atoms with van der Waals surface area (Å²) in [5.41, 5.74) is 0.142. The van der Waals surface area contributed by atoms with Crippen LogP contribution in [0.3, 0.4) is 0 Å². The number of carboxylic acid groups (broad SMARTS) is 1. The van der Waals surface area contributed by atoms with Crippen LogP contribution in [0.2, 0.25) is 0 Å². The van der Waals surface area contributed by atoms with E-state index in [9.17, 15) is 9.59 Å². The molecule has 0 aliphatic carbocycles. The molecule has 1 atom stereocenters. The molecule has 0 spiro atoms. The van der Waals surface area contributed by atoms with Gasteiger partial charge in [-0.15, -0.1) is 11.8 Å². The van der Waals surface area contributed by atoms with Gasteiger partial charge in [0.1, 0.15) is 12.3 Å². The molecule has 1 amide bonds. The summed E-state index contributed by atoms with van der Waals surface area (Å²) in [6.07, 6.45) is 1.28. The molecule has 1 fully saturated rings. The van der Waals surface area contributed by atoms with Crippen LogP contribution in [0.4, 0.5) is 0 Å². The highest BCUT2D eigenvalue weighted by atomic mass is 32.2. The third kappa shape index (κ3) is 1.82. The molecule has 1 N–H and O–H groups in total. The quantitative estimate of drug-likeness (QED) is 0.782. The van der Waals surface area contributed by atoms with E-state index in [-0.39, 0.29) is 5.69 Å². The van der Waals surface area contributed by atoms with Gasteiger partial charge in [-0.1, -0.05) is 5.16 Å². The number of hydrogen-bond acceptors (Lipinski definition) is 5. The van der Waals surface area contributed by atoms with Gasteiger partial charge in [0.05, 0.1) is 5.88 Å². The van der Waals surface area contributed by atoms with E-state index in [4.69, 9.17) is 5.11 Å². The third-order valence-corrected chi connectivity index (χ3v) is 3.10. The van der Waals surface area contributed by atoms with E-state index in [1.54, 1.807) is 0 Å². The van der Waals surface area contributed by atoms with Crippen LogP contribution in [0, 0.1) is 0 Å². The molecule has 6 nitrogen and oxygen atoms in total. The summed E-state index contributed by atoms with van der Waals surface area (Å²) in [6, 6.07) is 0.656. The lowest BCUT2D eigenvalue weighted by atomic mass is 10.2. The van der Waals surface area contributed by atoms with Crippen molar-refractivity contribution in [1.29, 1.82) is 0 Å². The Bertz CT molecular complexity index is 378. The fourth-order valence-electron chi connectivity index (χ4n) is 1.32. The molecule has 1 saturated heterocycles. The van der Waals surface area contributed by atoms with Crippen molar-refractivity contribution >= 4 is 23.6 Å². The molecule has 1 aliphatic rings. The normalized spacial score (nSPS) is 20.5. The summed E-state index contributed by atoms with van der Waals surface area (Å²) in [5, 5.41) is 12.4. The monoisotopic (exact) mass is 228 g/mol. The number of amides is 1. The molecule has 0 bridgehead atoms. The van der Waals surface area contributed by atoms with Gasteiger partial charge in [0.25, 0.3) is 5.91 Å². The first kappa shape index (κ1) is 10.0. The second-order valence-electron chi connectivity index (χ2n) is 3.01. The van der Waals surface area contributed by atoms with Crippen LogP contribution < -0.4 is 0 Å². The number of hydrogen-bond donors (Lipinski definition) is 1. The van der Waals surface area contributed by atoms with Crippen molar-refractivity contribution in [3.8, 4) is 0 Å². The third-order valence-electron chi connectivity index (χ3n) is 2.09. The topological polar surface area (TPSA) is 83.6 Å². The molecule has 1 aliphatic heterocycles. The summed E-state index contributed by atoms with van der Waals surface area (Å²) in [4.78, 5) is 23.9. The summed E-state index contributed by atoms with van der Waals surface area (Å²) in [7, 11) is 0. The maximum atomic E-state index is 11.7. The SMILES string of the molecule is O=C(O)[C@@H]1CSCN1C(=O)c1ccon1. The Kier molecular flexibility index (Phi) is 2.63. The smallest absolute Gasteiger partial charge is 0.327 e.